The summed E-state index contributed by atoms with van der Waals surface area (Å²) in [6.07, 6.45) is 2.52. The Kier molecular flexibility index (Phi) is 2.61. The molecule has 3 rings (SSSR count). The van der Waals surface area contributed by atoms with Crippen LogP contribution in [0.25, 0.3) is 0 Å². The van der Waals surface area contributed by atoms with Crippen molar-refractivity contribution in [3.8, 4) is 0 Å². The van der Waals surface area contributed by atoms with Gasteiger partial charge in [0.1, 0.15) is 10.7 Å². The van der Waals surface area contributed by atoms with Crippen molar-refractivity contribution in [3.05, 3.63) is 6.20 Å². The van der Waals surface area contributed by atoms with Gasteiger partial charge in [0.15, 0.2) is 0 Å². The standard InChI is InChI=1S/C10H16N4O3S/c11-10-9(3-12-13-10)18(16,17)14-4-6-1-2-8(15)7(6)5-14/h3,6-8,15H,1-2,4-5H2,(H3,11,12,13). The van der Waals surface area contributed by atoms with E-state index in [9.17, 15) is 13.5 Å². The Bertz CT molecular complexity index is 555. The van der Waals surface area contributed by atoms with E-state index in [2.05, 4.69) is 10.2 Å². The monoisotopic (exact) mass is 272 g/mol. The van der Waals surface area contributed by atoms with Crippen molar-refractivity contribution in [2.24, 2.45) is 11.8 Å². The minimum absolute atomic E-state index is 0.0250. The first-order chi connectivity index (χ1) is 8.50. The maximum Gasteiger partial charge on any atom is 0.248 e. The molecule has 2 aliphatic rings. The summed E-state index contributed by atoms with van der Waals surface area (Å²) in [5.74, 6) is 0.392. The fourth-order valence-corrected chi connectivity index (χ4v) is 4.57. The van der Waals surface area contributed by atoms with Gasteiger partial charge in [0.2, 0.25) is 10.0 Å². The second-order valence-electron chi connectivity index (χ2n) is 5.04. The highest BCUT2D eigenvalue weighted by Gasteiger charge is 2.46. The number of nitrogens with zero attached hydrogens (tertiary/aromatic N) is 2. The number of aliphatic hydroxyl groups excluding tert-OH is 1. The molecule has 0 aromatic carbocycles. The number of rotatable bonds is 2. The Morgan fingerprint density at radius 1 is 1.44 bits per heavy atom. The predicted octanol–water partition coefficient (Wildman–Crippen LogP) is -0.617. The normalized spacial score (nSPS) is 32.8. The molecule has 18 heavy (non-hydrogen) atoms. The molecule has 1 saturated heterocycles. The van der Waals surface area contributed by atoms with Crippen LogP contribution in [-0.4, -0.2) is 47.2 Å². The Morgan fingerprint density at radius 3 is 2.83 bits per heavy atom. The van der Waals surface area contributed by atoms with Crippen LogP contribution in [0.3, 0.4) is 0 Å². The molecular weight excluding hydrogens is 256 g/mol. The fourth-order valence-electron chi connectivity index (χ4n) is 3.02. The molecule has 100 valence electrons. The van der Waals surface area contributed by atoms with Crippen molar-refractivity contribution in [1.82, 2.24) is 14.5 Å². The smallest absolute Gasteiger partial charge is 0.248 e. The largest absolute Gasteiger partial charge is 0.393 e. The van der Waals surface area contributed by atoms with Crippen LogP contribution in [-0.2, 0) is 10.0 Å². The third-order valence-electron chi connectivity index (χ3n) is 4.04. The van der Waals surface area contributed by atoms with Gasteiger partial charge in [-0.25, -0.2) is 8.42 Å². The molecule has 0 radical (unpaired) electrons. The first kappa shape index (κ1) is 11.9. The molecule has 1 aromatic rings. The van der Waals surface area contributed by atoms with Gasteiger partial charge in [-0.3, -0.25) is 5.10 Å². The topological polar surface area (TPSA) is 112 Å². The molecule has 0 amide bonds. The van der Waals surface area contributed by atoms with Crippen LogP contribution in [0, 0.1) is 11.8 Å². The second kappa shape index (κ2) is 3.94. The molecule has 1 aliphatic heterocycles. The number of nitrogens with one attached hydrogen (secondary N) is 1. The fraction of sp³-hybridized carbons (Fsp3) is 0.700. The van der Waals surface area contributed by atoms with Crippen molar-refractivity contribution >= 4 is 15.8 Å². The van der Waals surface area contributed by atoms with Gasteiger partial charge >= 0.3 is 0 Å². The zero-order valence-corrected chi connectivity index (χ0v) is 10.6. The number of fused-ring (bicyclic) bond motifs is 1. The van der Waals surface area contributed by atoms with Gasteiger partial charge in [0, 0.05) is 19.0 Å². The number of nitrogens with two attached hydrogens (primary N) is 1. The van der Waals surface area contributed by atoms with Crippen molar-refractivity contribution < 1.29 is 13.5 Å². The van der Waals surface area contributed by atoms with Crippen LogP contribution >= 0.6 is 0 Å². The SMILES string of the molecule is Nc1[nH]ncc1S(=O)(=O)N1CC2CCC(O)C2C1. The lowest BCUT2D eigenvalue weighted by molar-refractivity contribution is 0.129. The number of aliphatic hydroxyl groups is 1. The number of aromatic nitrogens is 2. The number of nitrogen functional groups attached to an aromatic ring is 1. The van der Waals surface area contributed by atoms with Gasteiger partial charge in [-0.1, -0.05) is 0 Å². The van der Waals surface area contributed by atoms with E-state index >= 15 is 0 Å². The predicted molar refractivity (Wildman–Crippen MR) is 64.0 cm³/mol. The summed E-state index contributed by atoms with van der Waals surface area (Å²) in [6, 6.07) is 0. The molecule has 0 spiro atoms. The summed E-state index contributed by atoms with van der Waals surface area (Å²) in [5, 5.41) is 15.9. The Balaban J connectivity index is 1.87. The third kappa shape index (κ3) is 1.63. The number of H-pyrrole nitrogens is 1. The van der Waals surface area contributed by atoms with E-state index < -0.39 is 10.0 Å². The molecule has 3 unspecified atom stereocenters. The van der Waals surface area contributed by atoms with Gasteiger partial charge in [0.25, 0.3) is 0 Å². The zero-order valence-electron chi connectivity index (χ0n) is 9.78. The molecule has 7 nitrogen and oxygen atoms in total. The van der Waals surface area contributed by atoms with Crippen molar-refractivity contribution in [2.75, 3.05) is 18.8 Å². The molecule has 2 fully saturated rings. The van der Waals surface area contributed by atoms with Crippen LogP contribution in [0.15, 0.2) is 11.1 Å². The summed E-state index contributed by atoms with van der Waals surface area (Å²) in [7, 11) is -3.59. The molecule has 0 bridgehead atoms. The van der Waals surface area contributed by atoms with Crippen LogP contribution in [0.4, 0.5) is 5.82 Å². The zero-order chi connectivity index (χ0) is 12.9. The Hall–Kier alpha value is -1.12. The first-order valence-corrected chi connectivity index (χ1v) is 7.41. The highest BCUT2D eigenvalue weighted by Crippen LogP contribution is 2.40. The summed E-state index contributed by atoms with van der Waals surface area (Å²) in [5.41, 5.74) is 5.56. The van der Waals surface area contributed by atoms with Crippen molar-refractivity contribution in [1.29, 1.82) is 0 Å². The summed E-state index contributed by atoms with van der Waals surface area (Å²) >= 11 is 0. The lowest BCUT2D eigenvalue weighted by Crippen LogP contribution is -2.31. The van der Waals surface area contributed by atoms with Gasteiger partial charge in [-0.15, -0.1) is 0 Å². The van der Waals surface area contributed by atoms with Crippen LogP contribution in [0.2, 0.25) is 0 Å². The molecule has 4 N–H and O–H groups in total. The molecule has 1 aromatic heterocycles. The van der Waals surface area contributed by atoms with E-state index in [-0.39, 0.29) is 28.7 Å². The minimum atomic E-state index is -3.59. The Labute approximate surface area is 105 Å². The summed E-state index contributed by atoms with van der Waals surface area (Å²) < 4.78 is 26.1. The molecule has 1 saturated carbocycles. The number of anilines is 1. The lowest BCUT2D eigenvalue weighted by atomic mass is 10.00. The molecule has 1 aliphatic carbocycles. The van der Waals surface area contributed by atoms with Crippen LogP contribution in [0.1, 0.15) is 12.8 Å². The van der Waals surface area contributed by atoms with Crippen LogP contribution < -0.4 is 5.73 Å². The number of hydrogen-bond donors (Lipinski definition) is 3. The van der Waals surface area contributed by atoms with E-state index in [1.165, 1.54) is 10.5 Å². The quantitative estimate of drug-likeness (QED) is 0.664. The maximum absolute atomic E-state index is 12.4. The summed E-state index contributed by atoms with van der Waals surface area (Å²) in [6.45, 7) is 0.841. The molecule has 2 heterocycles. The van der Waals surface area contributed by atoms with Gasteiger partial charge in [-0.2, -0.15) is 9.40 Å². The van der Waals surface area contributed by atoms with Gasteiger partial charge < -0.3 is 10.8 Å². The average Bonchev–Trinajstić information content (AvgIpc) is 2.96. The average molecular weight is 272 g/mol. The van der Waals surface area contributed by atoms with E-state index in [1.54, 1.807) is 0 Å². The van der Waals surface area contributed by atoms with Crippen LogP contribution in [0.5, 0.6) is 0 Å². The molecule has 3 atom stereocenters. The third-order valence-corrected chi connectivity index (χ3v) is 5.89. The van der Waals surface area contributed by atoms with Crippen molar-refractivity contribution in [3.63, 3.8) is 0 Å². The maximum atomic E-state index is 12.4. The van der Waals surface area contributed by atoms with E-state index in [1.807, 2.05) is 0 Å². The first-order valence-electron chi connectivity index (χ1n) is 5.97. The lowest BCUT2D eigenvalue weighted by Gasteiger charge is -2.17. The molecular formula is C10H16N4O3S. The summed E-state index contributed by atoms with van der Waals surface area (Å²) in [4.78, 5) is 0.0250. The number of sulfonamides is 1. The van der Waals surface area contributed by atoms with E-state index in [4.69, 9.17) is 5.73 Å². The minimum Gasteiger partial charge on any atom is -0.393 e. The highest BCUT2D eigenvalue weighted by atomic mass is 32.2. The van der Waals surface area contributed by atoms with Crippen molar-refractivity contribution in [2.45, 2.75) is 23.8 Å². The second-order valence-corrected chi connectivity index (χ2v) is 6.94. The number of hydrogen-bond acceptors (Lipinski definition) is 5. The van der Waals surface area contributed by atoms with E-state index in [0.717, 1.165) is 12.8 Å². The van der Waals surface area contributed by atoms with Gasteiger partial charge in [0.05, 0.1) is 12.3 Å². The number of aromatic amines is 1. The Morgan fingerprint density at radius 2 is 2.22 bits per heavy atom. The highest BCUT2D eigenvalue weighted by molar-refractivity contribution is 7.89. The van der Waals surface area contributed by atoms with Gasteiger partial charge in [-0.05, 0) is 18.8 Å². The molecule has 8 heteroatoms. The van der Waals surface area contributed by atoms with E-state index in [0.29, 0.717) is 13.1 Å².